The minimum Gasteiger partial charge on any atom is -0.462 e. The summed E-state index contributed by atoms with van der Waals surface area (Å²) in [5, 5.41) is -0.579. The van der Waals surface area contributed by atoms with E-state index in [-0.39, 0.29) is 19.1 Å². The van der Waals surface area contributed by atoms with E-state index in [9.17, 15) is 13.2 Å². The minimum absolute atomic E-state index is 0.0760. The van der Waals surface area contributed by atoms with E-state index in [0.29, 0.717) is 5.92 Å². The Morgan fingerprint density at radius 3 is 2.47 bits per heavy atom. The van der Waals surface area contributed by atoms with Gasteiger partial charge in [-0.2, -0.15) is 0 Å². The summed E-state index contributed by atoms with van der Waals surface area (Å²) in [5.41, 5.74) is 2.21. The van der Waals surface area contributed by atoms with E-state index >= 15 is 0 Å². The van der Waals surface area contributed by atoms with Crippen molar-refractivity contribution >= 4 is 27.2 Å². The molecule has 2 aromatic heterocycles. The molecule has 2 fully saturated rings. The number of rotatable bonds is 4. The number of carbonyl (C=O) groups excluding carboxylic acids is 1. The quantitative estimate of drug-likeness (QED) is 0.717. The van der Waals surface area contributed by atoms with Crippen molar-refractivity contribution in [3.63, 3.8) is 0 Å². The second-order valence-electron chi connectivity index (χ2n) is 9.26. The molecule has 1 saturated heterocycles. The number of amides is 1. The molecule has 9 heteroatoms. The number of carbonyl (C=O) groups is 1. The van der Waals surface area contributed by atoms with Crippen molar-refractivity contribution in [2.75, 3.05) is 13.1 Å². The first kappa shape index (κ1) is 24.5. The van der Waals surface area contributed by atoms with Crippen molar-refractivity contribution in [3.8, 4) is 0 Å². The first-order valence-corrected chi connectivity index (χ1v) is 13.0. The summed E-state index contributed by atoms with van der Waals surface area (Å²) in [6, 6.07) is 3.68. The van der Waals surface area contributed by atoms with Gasteiger partial charge >= 0.3 is 6.09 Å². The van der Waals surface area contributed by atoms with Gasteiger partial charge in [0.2, 0.25) is 10.0 Å². The Kier molecular flexibility index (Phi) is 7.50. The van der Waals surface area contributed by atoms with Gasteiger partial charge in [-0.15, -0.1) is 0 Å². The van der Waals surface area contributed by atoms with Crippen LogP contribution in [-0.4, -0.2) is 54.4 Å². The van der Waals surface area contributed by atoms with Gasteiger partial charge in [0.05, 0.1) is 6.26 Å². The maximum atomic E-state index is 12.7. The molecule has 1 aliphatic heterocycles. The van der Waals surface area contributed by atoms with Gasteiger partial charge in [-0.05, 0) is 64.5 Å². The molecule has 0 bridgehead atoms. The van der Waals surface area contributed by atoms with Gasteiger partial charge in [0.1, 0.15) is 16.4 Å². The van der Waals surface area contributed by atoms with Crippen LogP contribution in [0, 0.1) is 0 Å². The van der Waals surface area contributed by atoms with Crippen LogP contribution >= 0.6 is 0 Å². The monoisotopic (exact) mass is 465 g/mol. The number of ether oxygens (including phenoxy) is 1. The van der Waals surface area contributed by atoms with E-state index < -0.39 is 27.0 Å². The SMILES string of the molecule is CC.CC(C)(C)OC(=O)N1CC(S(=O)(=O)NC2CCC(c3coc4cccnc34)CC2)C1. The molecule has 0 atom stereocenters. The first-order chi connectivity index (χ1) is 15.1. The normalized spacial score (nSPS) is 22.1. The van der Waals surface area contributed by atoms with Crippen LogP contribution in [0.15, 0.2) is 29.0 Å². The number of hydrogen-bond acceptors (Lipinski definition) is 6. The summed E-state index contributed by atoms with van der Waals surface area (Å²) in [6.07, 6.45) is 6.39. The standard InChI is InChI=1S/C21H29N3O5S.C2H6/c1-21(2,3)29-20(25)24-11-16(12-24)30(26,27)23-15-8-6-14(7-9-15)17-13-28-18-5-4-10-22-19(17)18;1-2/h4-5,10,13-16,23H,6-9,11-12H2,1-3H3;1-2H3. The maximum Gasteiger partial charge on any atom is 0.410 e. The van der Waals surface area contributed by atoms with Crippen LogP contribution in [-0.2, 0) is 14.8 Å². The average Bonchev–Trinajstić information content (AvgIpc) is 3.11. The molecule has 2 aromatic rings. The van der Waals surface area contributed by atoms with Crippen molar-refractivity contribution in [2.24, 2.45) is 0 Å². The third-order valence-corrected chi connectivity index (χ3v) is 7.63. The van der Waals surface area contributed by atoms with Crippen LogP contribution in [0.25, 0.3) is 11.1 Å². The summed E-state index contributed by atoms with van der Waals surface area (Å²) in [6.45, 7) is 9.72. The number of pyridine rings is 1. The maximum absolute atomic E-state index is 12.7. The predicted octanol–water partition coefficient (Wildman–Crippen LogP) is 4.42. The number of sulfonamides is 1. The Bertz CT molecular complexity index is 1010. The highest BCUT2D eigenvalue weighted by Crippen LogP contribution is 2.37. The lowest BCUT2D eigenvalue weighted by molar-refractivity contribution is 0.0138. The Morgan fingerprint density at radius 2 is 1.84 bits per heavy atom. The fraction of sp³-hybridized carbons (Fsp3) is 0.652. The lowest BCUT2D eigenvalue weighted by atomic mass is 9.82. The van der Waals surface area contributed by atoms with Crippen molar-refractivity contribution in [3.05, 3.63) is 30.2 Å². The zero-order valence-electron chi connectivity index (χ0n) is 19.6. The predicted molar refractivity (Wildman–Crippen MR) is 124 cm³/mol. The molecule has 0 radical (unpaired) electrons. The van der Waals surface area contributed by atoms with E-state index in [1.165, 1.54) is 4.90 Å². The molecule has 8 nitrogen and oxygen atoms in total. The molecule has 1 aliphatic carbocycles. The summed E-state index contributed by atoms with van der Waals surface area (Å²) in [4.78, 5) is 17.9. The number of furan rings is 1. The second-order valence-corrected chi connectivity index (χ2v) is 11.3. The zero-order valence-corrected chi connectivity index (χ0v) is 20.4. The number of aromatic nitrogens is 1. The summed E-state index contributed by atoms with van der Waals surface area (Å²) in [7, 11) is -3.47. The van der Waals surface area contributed by atoms with Crippen LogP contribution in [0.2, 0.25) is 0 Å². The summed E-state index contributed by atoms with van der Waals surface area (Å²) < 4.78 is 39.2. The van der Waals surface area contributed by atoms with Crippen LogP contribution in [0.4, 0.5) is 4.79 Å². The van der Waals surface area contributed by atoms with Gasteiger partial charge in [-0.25, -0.2) is 17.9 Å². The van der Waals surface area contributed by atoms with Crippen molar-refractivity contribution < 1.29 is 22.4 Å². The van der Waals surface area contributed by atoms with E-state index in [2.05, 4.69) is 9.71 Å². The molecule has 0 aromatic carbocycles. The highest BCUT2D eigenvalue weighted by Gasteiger charge is 2.42. The van der Waals surface area contributed by atoms with E-state index in [1.807, 2.05) is 26.0 Å². The summed E-state index contributed by atoms with van der Waals surface area (Å²) in [5.74, 6) is 0.327. The van der Waals surface area contributed by atoms with E-state index in [0.717, 1.165) is 42.3 Å². The Balaban J connectivity index is 0.00000141. The Hall–Kier alpha value is -2.13. The minimum atomic E-state index is -3.47. The van der Waals surface area contributed by atoms with Gasteiger partial charge in [-0.1, -0.05) is 13.8 Å². The fourth-order valence-corrected chi connectivity index (χ4v) is 5.78. The lowest BCUT2D eigenvalue weighted by Crippen LogP contribution is -2.61. The first-order valence-electron chi connectivity index (χ1n) is 11.4. The Morgan fingerprint density at radius 1 is 1.19 bits per heavy atom. The van der Waals surface area contributed by atoms with Crippen LogP contribution in [0.3, 0.4) is 0 Å². The average molecular weight is 466 g/mol. The molecule has 0 unspecified atom stereocenters. The molecule has 2 aliphatic rings. The van der Waals surface area contributed by atoms with Gasteiger partial charge < -0.3 is 14.1 Å². The lowest BCUT2D eigenvalue weighted by Gasteiger charge is -2.40. The van der Waals surface area contributed by atoms with Crippen LogP contribution < -0.4 is 4.72 Å². The van der Waals surface area contributed by atoms with Gasteiger partial charge in [0.25, 0.3) is 0 Å². The number of likely N-dealkylation sites (tertiary alicyclic amines) is 1. The van der Waals surface area contributed by atoms with E-state index in [1.54, 1.807) is 33.2 Å². The molecule has 0 spiro atoms. The number of nitrogens with zero attached hydrogens (tertiary/aromatic N) is 2. The summed E-state index contributed by atoms with van der Waals surface area (Å²) >= 11 is 0. The van der Waals surface area contributed by atoms with Crippen LogP contribution in [0.5, 0.6) is 0 Å². The van der Waals surface area contributed by atoms with Gasteiger partial charge in [0.15, 0.2) is 5.58 Å². The molecule has 1 saturated carbocycles. The molecular formula is C23H35N3O5S. The van der Waals surface area contributed by atoms with Gasteiger partial charge in [0, 0.05) is 30.9 Å². The number of fused-ring (bicyclic) bond motifs is 1. The highest BCUT2D eigenvalue weighted by molar-refractivity contribution is 7.90. The molecule has 1 amide bonds. The second kappa shape index (κ2) is 9.79. The largest absolute Gasteiger partial charge is 0.462 e. The Labute approximate surface area is 190 Å². The smallest absolute Gasteiger partial charge is 0.410 e. The molecule has 178 valence electrons. The third kappa shape index (κ3) is 5.61. The molecule has 4 rings (SSSR count). The highest BCUT2D eigenvalue weighted by atomic mass is 32.2. The topological polar surface area (TPSA) is 102 Å². The van der Waals surface area contributed by atoms with Crippen molar-refractivity contribution in [1.82, 2.24) is 14.6 Å². The van der Waals surface area contributed by atoms with Crippen LogP contribution in [0.1, 0.15) is 71.8 Å². The van der Waals surface area contributed by atoms with E-state index in [4.69, 9.17) is 9.15 Å². The molecular weight excluding hydrogens is 430 g/mol. The van der Waals surface area contributed by atoms with Crippen molar-refractivity contribution in [2.45, 2.75) is 83.1 Å². The zero-order chi connectivity index (χ0) is 23.5. The van der Waals surface area contributed by atoms with Crippen molar-refractivity contribution in [1.29, 1.82) is 0 Å². The fourth-order valence-electron chi connectivity index (χ4n) is 4.14. The third-order valence-electron chi connectivity index (χ3n) is 5.79. The molecule has 32 heavy (non-hydrogen) atoms. The molecule has 1 N–H and O–H groups in total. The van der Waals surface area contributed by atoms with Gasteiger partial charge in [-0.3, -0.25) is 4.98 Å². The molecule has 3 heterocycles. The number of nitrogens with one attached hydrogen (secondary N) is 1. The number of hydrogen-bond donors (Lipinski definition) is 1.